The van der Waals surface area contributed by atoms with E-state index < -0.39 is 0 Å². The van der Waals surface area contributed by atoms with Crippen molar-refractivity contribution in [3.8, 4) is 0 Å². The van der Waals surface area contributed by atoms with E-state index in [0.29, 0.717) is 5.94 Å². The highest BCUT2D eigenvalue weighted by Gasteiger charge is 2.21. The van der Waals surface area contributed by atoms with Gasteiger partial charge in [0.25, 0.3) is 0 Å². The Morgan fingerprint density at radius 1 is 1.45 bits per heavy atom. The number of thioether (sulfide) groups is 1. The van der Waals surface area contributed by atoms with E-state index in [1.807, 2.05) is 20.8 Å². The number of hydrogen-bond acceptors (Lipinski definition) is 3. The van der Waals surface area contributed by atoms with Crippen molar-refractivity contribution in [1.82, 2.24) is 0 Å². The van der Waals surface area contributed by atoms with Crippen molar-refractivity contribution in [2.75, 3.05) is 18.8 Å². The van der Waals surface area contributed by atoms with E-state index in [4.69, 9.17) is 4.74 Å². The van der Waals surface area contributed by atoms with Gasteiger partial charge in [0.1, 0.15) is 0 Å². The highest BCUT2D eigenvalue weighted by atomic mass is 32.2. The van der Waals surface area contributed by atoms with E-state index in [1.165, 1.54) is 0 Å². The van der Waals surface area contributed by atoms with Crippen LogP contribution in [0, 0.1) is 5.41 Å². The Kier molecular flexibility index (Phi) is 5.13. The van der Waals surface area contributed by atoms with Crippen LogP contribution in [0.25, 0.3) is 0 Å². The third kappa shape index (κ3) is 5.53. The summed E-state index contributed by atoms with van der Waals surface area (Å²) in [5.74, 6) is 1.41. The summed E-state index contributed by atoms with van der Waals surface area (Å²) in [5.41, 5.74) is -0.0132. The van der Waals surface area contributed by atoms with Gasteiger partial charge in [-0.25, -0.2) is 0 Å². The van der Waals surface area contributed by atoms with Gasteiger partial charge in [-0.2, -0.15) is 0 Å². The van der Waals surface area contributed by atoms with Crippen molar-refractivity contribution in [1.29, 1.82) is 0 Å². The van der Waals surface area contributed by atoms with Crippen LogP contribution in [0.4, 0.5) is 0 Å². The highest BCUT2D eigenvalue weighted by Crippen LogP contribution is 2.21. The first-order chi connectivity index (χ1) is 4.98. The average Bonchev–Trinajstić information content (AvgIpc) is 1.86. The fraction of sp³-hybridized carbons (Fsp3) is 1.00. The van der Waals surface area contributed by atoms with Gasteiger partial charge in [0.2, 0.25) is 0 Å². The van der Waals surface area contributed by atoms with E-state index in [0.717, 1.165) is 5.75 Å². The van der Waals surface area contributed by atoms with Crippen LogP contribution in [0.2, 0.25) is 0 Å². The Morgan fingerprint density at radius 3 is 2.36 bits per heavy atom. The average molecular weight is 178 g/mol. The van der Waals surface area contributed by atoms with Crippen LogP contribution in [0.3, 0.4) is 0 Å². The van der Waals surface area contributed by atoms with Gasteiger partial charge in [0, 0.05) is 12.9 Å². The summed E-state index contributed by atoms with van der Waals surface area (Å²) in [5, 5.41) is 9.54. The van der Waals surface area contributed by atoms with Crippen molar-refractivity contribution in [3.63, 3.8) is 0 Å². The fourth-order valence-corrected chi connectivity index (χ4v) is 1.48. The second kappa shape index (κ2) is 5.01. The van der Waals surface area contributed by atoms with E-state index in [9.17, 15) is 5.11 Å². The van der Waals surface area contributed by atoms with Crippen LogP contribution in [-0.2, 0) is 4.74 Å². The molecule has 0 aromatic heterocycles. The number of methoxy groups -OCH3 is 1. The van der Waals surface area contributed by atoms with Gasteiger partial charge in [0.05, 0.1) is 12.0 Å². The molecule has 0 fully saturated rings. The van der Waals surface area contributed by atoms with Gasteiger partial charge in [-0.05, 0) is 5.41 Å². The van der Waals surface area contributed by atoms with E-state index in [1.54, 1.807) is 18.9 Å². The molecule has 1 N–H and O–H groups in total. The number of hydrogen-bond donors (Lipinski definition) is 1. The summed E-state index contributed by atoms with van der Waals surface area (Å²) >= 11 is 1.62. The van der Waals surface area contributed by atoms with Crippen LogP contribution in [0.1, 0.15) is 20.8 Å². The maximum atomic E-state index is 9.54. The molecule has 0 radical (unpaired) electrons. The minimum atomic E-state index is -0.248. The van der Waals surface area contributed by atoms with Crippen LogP contribution >= 0.6 is 11.8 Å². The zero-order valence-electron chi connectivity index (χ0n) is 7.76. The predicted molar refractivity (Wildman–Crippen MR) is 49.8 cm³/mol. The predicted octanol–water partition coefficient (Wildman–Crippen LogP) is 1.73. The zero-order chi connectivity index (χ0) is 8.91. The summed E-state index contributed by atoms with van der Waals surface area (Å²) in [7, 11) is 1.66. The molecule has 0 aliphatic rings. The topological polar surface area (TPSA) is 29.5 Å². The number of aliphatic hydroxyl groups excluding tert-OH is 1. The molecular weight excluding hydrogens is 160 g/mol. The third-order valence-electron chi connectivity index (χ3n) is 1.48. The molecule has 0 saturated carbocycles. The largest absolute Gasteiger partial charge is 0.392 e. The van der Waals surface area contributed by atoms with E-state index in [-0.39, 0.29) is 11.5 Å². The van der Waals surface area contributed by atoms with Gasteiger partial charge >= 0.3 is 0 Å². The summed E-state index contributed by atoms with van der Waals surface area (Å²) in [6.45, 7) is 6.10. The molecule has 0 spiro atoms. The van der Waals surface area contributed by atoms with Crippen LogP contribution in [0.15, 0.2) is 0 Å². The van der Waals surface area contributed by atoms with Gasteiger partial charge in [-0.1, -0.05) is 20.8 Å². The van der Waals surface area contributed by atoms with E-state index >= 15 is 0 Å². The van der Waals surface area contributed by atoms with E-state index in [2.05, 4.69) is 0 Å². The van der Waals surface area contributed by atoms with Crippen LogP contribution in [0.5, 0.6) is 0 Å². The monoisotopic (exact) mass is 178 g/mol. The molecular formula is C8H18O2S. The van der Waals surface area contributed by atoms with Gasteiger partial charge in [0.15, 0.2) is 0 Å². The lowest BCUT2D eigenvalue weighted by Crippen LogP contribution is -2.28. The summed E-state index contributed by atoms with van der Waals surface area (Å²) in [6.07, 6.45) is -0.248. The Morgan fingerprint density at radius 2 is 2.00 bits per heavy atom. The normalized spacial score (nSPS) is 15.0. The van der Waals surface area contributed by atoms with Crippen molar-refractivity contribution >= 4 is 11.8 Å². The first-order valence-corrected chi connectivity index (χ1v) is 4.88. The highest BCUT2D eigenvalue weighted by molar-refractivity contribution is 7.99. The summed E-state index contributed by atoms with van der Waals surface area (Å²) in [6, 6.07) is 0. The maximum absolute atomic E-state index is 9.54. The molecule has 11 heavy (non-hydrogen) atoms. The number of aliphatic hydroxyl groups is 1. The molecule has 68 valence electrons. The molecule has 3 heteroatoms. The Bertz CT molecular complexity index is 98.8. The zero-order valence-corrected chi connectivity index (χ0v) is 8.57. The maximum Gasteiger partial charge on any atom is 0.0918 e. The Balaban J connectivity index is 3.44. The quantitative estimate of drug-likeness (QED) is 0.525. The Hall–Kier alpha value is 0.270. The molecule has 2 nitrogen and oxygen atoms in total. The molecule has 1 unspecified atom stereocenters. The molecule has 0 saturated heterocycles. The molecule has 0 amide bonds. The first kappa shape index (κ1) is 11.3. The van der Waals surface area contributed by atoms with Crippen molar-refractivity contribution < 1.29 is 9.84 Å². The lowest BCUT2D eigenvalue weighted by atomic mass is 9.90. The lowest BCUT2D eigenvalue weighted by Gasteiger charge is -2.25. The van der Waals surface area contributed by atoms with Crippen molar-refractivity contribution in [3.05, 3.63) is 0 Å². The van der Waals surface area contributed by atoms with Gasteiger partial charge < -0.3 is 9.84 Å². The second-order valence-electron chi connectivity index (χ2n) is 3.66. The molecule has 1 atom stereocenters. The molecule has 0 aliphatic carbocycles. The molecule has 0 rings (SSSR count). The standard InChI is InChI=1S/C8H18O2S/c1-8(2,3)7(9)5-11-6-10-4/h7,9H,5-6H2,1-4H3. The third-order valence-corrected chi connectivity index (χ3v) is 2.43. The van der Waals surface area contributed by atoms with Crippen molar-refractivity contribution in [2.24, 2.45) is 5.41 Å². The molecule has 0 bridgehead atoms. The van der Waals surface area contributed by atoms with Gasteiger partial charge in [-0.15, -0.1) is 11.8 Å². The Labute approximate surface area is 73.3 Å². The molecule has 0 aromatic carbocycles. The smallest absolute Gasteiger partial charge is 0.0918 e. The number of ether oxygens (including phenoxy) is 1. The van der Waals surface area contributed by atoms with Crippen LogP contribution < -0.4 is 0 Å². The van der Waals surface area contributed by atoms with Crippen LogP contribution in [-0.4, -0.2) is 30.0 Å². The second-order valence-corrected chi connectivity index (χ2v) is 4.64. The lowest BCUT2D eigenvalue weighted by molar-refractivity contribution is 0.0839. The van der Waals surface area contributed by atoms with Crippen molar-refractivity contribution in [2.45, 2.75) is 26.9 Å². The SMILES string of the molecule is COCSCC(O)C(C)(C)C. The summed E-state index contributed by atoms with van der Waals surface area (Å²) < 4.78 is 4.86. The minimum Gasteiger partial charge on any atom is -0.392 e. The minimum absolute atomic E-state index is 0.0132. The first-order valence-electron chi connectivity index (χ1n) is 3.73. The van der Waals surface area contributed by atoms with Gasteiger partial charge in [-0.3, -0.25) is 0 Å². The fourth-order valence-electron chi connectivity index (χ4n) is 0.493. The number of rotatable bonds is 4. The molecule has 0 aliphatic heterocycles. The molecule has 0 aromatic rings. The summed E-state index contributed by atoms with van der Waals surface area (Å²) in [4.78, 5) is 0. The molecule has 0 heterocycles.